The quantitative estimate of drug-likeness (QED) is 0.441. The maximum Gasteiger partial charge on any atom is 0.254 e. The lowest BCUT2D eigenvalue weighted by atomic mass is 9.99. The van der Waals surface area contributed by atoms with Crippen molar-refractivity contribution in [1.29, 1.82) is 0 Å². The van der Waals surface area contributed by atoms with Gasteiger partial charge in [0.2, 0.25) is 0 Å². The molecule has 1 N–H and O–H groups in total. The molecule has 0 unspecified atom stereocenters. The molecule has 0 fully saturated rings. The van der Waals surface area contributed by atoms with Crippen molar-refractivity contribution in [2.75, 3.05) is 11.9 Å². The van der Waals surface area contributed by atoms with Crippen molar-refractivity contribution < 1.29 is 0 Å². The molecule has 0 aliphatic heterocycles. The lowest BCUT2D eigenvalue weighted by Crippen LogP contribution is -2.15. The van der Waals surface area contributed by atoms with E-state index < -0.39 is 0 Å². The Morgan fingerprint density at radius 2 is 1.72 bits per heavy atom. The summed E-state index contributed by atoms with van der Waals surface area (Å²) >= 11 is 0. The van der Waals surface area contributed by atoms with E-state index in [2.05, 4.69) is 83.9 Å². The summed E-state index contributed by atoms with van der Waals surface area (Å²) in [6.45, 7) is 4.14. The van der Waals surface area contributed by atoms with E-state index in [1.807, 2.05) is 36.7 Å². The predicted octanol–water partition coefficient (Wildman–Crippen LogP) is 3.86. The van der Waals surface area contributed by atoms with Crippen LogP contribution in [0.15, 0.2) is 54.6 Å². The van der Waals surface area contributed by atoms with Crippen LogP contribution in [0.25, 0.3) is 28.3 Å². The molecule has 0 bridgehead atoms. The fourth-order valence-corrected chi connectivity index (χ4v) is 3.72. The smallest absolute Gasteiger partial charge is 0.254 e. The number of H-pyrrole nitrogens is 1. The molecule has 9 nitrogen and oxygen atoms in total. The van der Waals surface area contributed by atoms with Crippen LogP contribution in [0.2, 0.25) is 0 Å². The molecule has 0 atom stereocenters. The Labute approximate surface area is 185 Å². The van der Waals surface area contributed by atoms with Gasteiger partial charge in [0.15, 0.2) is 11.6 Å². The number of anilines is 2. The van der Waals surface area contributed by atoms with Crippen molar-refractivity contribution in [3.8, 4) is 22.5 Å². The van der Waals surface area contributed by atoms with Gasteiger partial charge in [0.05, 0.1) is 0 Å². The summed E-state index contributed by atoms with van der Waals surface area (Å²) in [6, 6.07) is 18.5. The van der Waals surface area contributed by atoms with Crippen LogP contribution in [0.1, 0.15) is 25.4 Å². The van der Waals surface area contributed by atoms with E-state index in [0.29, 0.717) is 11.6 Å². The van der Waals surface area contributed by atoms with Crippen molar-refractivity contribution in [2.24, 2.45) is 0 Å². The number of aryl methyl sites for hydroxylation is 2. The molecule has 0 aliphatic carbocycles. The van der Waals surface area contributed by atoms with Crippen LogP contribution in [-0.2, 0) is 12.8 Å². The second-order valence-electron chi connectivity index (χ2n) is 7.45. The fourth-order valence-electron chi connectivity index (χ4n) is 3.72. The largest absolute Gasteiger partial charge is 0.329 e. The van der Waals surface area contributed by atoms with E-state index in [0.717, 1.165) is 52.6 Å². The molecule has 0 spiro atoms. The van der Waals surface area contributed by atoms with Gasteiger partial charge < -0.3 is 4.90 Å². The molecule has 2 aromatic carbocycles. The average Bonchev–Trinajstić information content (AvgIpc) is 3.53. The van der Waals surface area contributed by atoms with Gasteiger partial charge in [0.1, 0.15) is 5.82 Å². The Balaban J connectivity index is 1.53. The summed E-state index contributed by atoms with van der Waals surface area (Å²) in [5.41, 5.74) is 5.12. The van der Waals surface area contributed by atoms with Gasteiger partial charge in [0.25, 0.3) is 5.78 Å². The summed E-state index contributed by atoms with van der Waals surface area (Å²) < 4.78 is 1.82. The van der Waals surface area contributed by atoms with E-state index in [1.54, 1.807) is 0 Å². The minimum Gasteiger partial charge on any atom is -0.329 e. The molecule has 5 aromatic rings. The molecule has 0 saturated carbocycles. The van der Waals surface area contributed by atoms with Gasteiger partial charge in [-0.25, -0.2) is 10.1 Å². The minimum atomic E-state index is 0.634. The first kappa shape index (κ1) is 19.8. The molecular formula is C23H23N9. The zero-order valence-corrected chi connectivity index (χ0v) is 18.2. The van der Waals surface area contributed by atoms with Gasteiger partial charge in [-0.05, 0) is 40.1 Å². The monoisotopic (exact) mass is 425 g/mol. The molecule has 3 aromatic heterocycles. The number of nitrogens with one attached hydrogen (secondary N) is 1. The Hall–Kier alpha value is -4.14. The van der Waals surface area contributed by atoms with Crippen molar-refractivity contribution in [3.63, 3.8) is 0 Å². The highest BCUT2D eigenvalue weighted by molar-refractivity contribution is 5.81. The Bertz CT molecular complexity index is 1350. The zero-order valence-electron chi connectivity index (χ0n) is 18.2. The Morgan fingerprint density at radius 3 is 2.41 bits per heavy atom. The maximum absolute atomic E-state index is 4.64. The topological polar surface area (TPSA) is 101 Å². The van der Waals surface area contributed by atoms with Crippen molar-refractivity contribution in [1.82, 2.24) is 40.2 Å². The third-order valence-electron chi connectivity index (χ3n) is 5.51. The van der Waals surface area contributed by atoms with Crippen LogP contribution in [0.3, 0.4) is 0 Å². The van der Waals surface area contributed by atoms with Crippen molar-refractivity contribution in [3.05, 3.63) is 66.1 Å². The van der Waals surface area contributed by atoms with Crippen LogP contribution in [0, 0.1) is 0 Å². The minimum absolute atomic E-state index is 0.634. The predicted molar refractivity (Wildman–Crippen MR) is 123 cm³/mol. The third-order valence-corrected chi connectivity index (χ3v) is 5.51. The first-order valence-electron chi connectivity index (χ1n) is 10.6. The first-order valence-corrected chi connectivity index (χ1v) is 10.6. The molecule has 9 heteroatoms. The maximum atomic E-state index is 4.64. The first-order chi connectivity index (χ1) is 15.7. The summed E-state index contributed by atoms with van der Waals surface area (Å²) in [5, 5.41) is 19.0. The van der Waals surface area contributed by atoms with E-state index in [-0.39, 0.29) is 0 Å². The van der Waals surface area contributed by atoms with Crippen molar-refractivity contribution in [2.45, 2.75) is 26.7 Å². The fraction of sp³-hybridized carbons (Fsp3) is 0.217. The van der Waals surface area contributed by atoms with E-state index in [4.69, 9.17) is 0 Å². The SMILES string of the molecule is CCc1cc(N(C)c2ccc(-c3ccccc3-c3nnn[nH]3)cc2)n2nc(CC)nc2n1. The molecule has 32 heavy (non-hydrogen) atoms. The van der Waals surface area contributed by atoms with Crippen LogP contribution in [-0.4, -0.2) is 47.3 Å². The van der Waals surface area contributed by atoms with Gasteiger partial charge in [-0.3, -0.25) is 0 Å². The lowest BCUT2D eigenvalue weighted by Gasteiger charge is -2.21. The Morgan fingerprint density at radius 1 is 0.938 bits per heavy atom. The van der Waals surface area contributed by atoms with Gasteiger partial charge >= 0.3 is 0 Å². The van der Waals surface area contributed by atoms with E-state index in [1.165, 1.54) is 0 Å². The lowest BCUT2D eigenvalue weighted by molar-refractivity contribution is 0.857. The van der Waals surface area contributed by atoms with E-state index in [9.17, 15) is 0 Å². The van der Waals surface area contributed by atoms with Crippen LogP contribution in [0.5, 0.6) is 0 Å². The second kappa shape index (κ2) is 8.18. The highest BCUT2D eigenvalue weighted by Crippen LogP contribution is 2.32. The molecule has 160 valence electrons. The zero-order chi connectivity index (χ0) is 22.1. The highest BCUT2D eigenvalue weighted by atomic mass is 15.5. The summed E-state index contributed by atoms with van der Waals surface area (Å²) in [7, 11) is 2.03. The molecule has 5 rings (SSSR count). The van der Waals surface area contributed by atoms with Gasteiger partial charge in [-0.2, -0.15) is 9.50 Å². The number of rotatable bonds is 6. The van der Waals surface area contributed by atoms with Crippen molar-refractivity contribution >= 4 is 17.3 Å². The number of fused-ring (bicyclic) bond motifs is 1. The summed E-state index contributed by atoms with van der Waals surface area (Å²) in [4.78, 5) is 11.3. The average molecular weight is 426 g/mol. The Kier molecular flexibility index (Phi) is 5.06. The number of aromatic nitrogens is 8. The van der Waals surface area contributed by atoms with Crippen LogP contribution >= 0.6 is 0 Å². The third kappa shape index (κ3) is 3.47. The van der Waals surface area contributed by atoms with Gasteiger partial charge in [0, 0.05) is 36.5 Å². The molecule has 0 radical (unpaired) electrons. The number of hydrogen-bond donors (Lipinski definition) is 1. The standard InChI is InChI=1S/C23H23N9/c1-4-16-14-21(32-23(24-16)25-20(5-2)28-32)31(3)17-12-10-15(11-13-17)18-8-6-7-9-19(18)22-26-29-30-27-22/h6-14H,4-5H2,1-3H3,(H,26,27,29,30). The number of aromatic amines is 1. The normalized spacial score (nSPS) is 11.2. The van der Waals surface area contributed by atoms with Gasteiger partial charge in [-0.15, -0.1) is 10.2 Å². The number of tetrazole rings is 1. The second-order valence-corrected chi connectivity index (χ2v) is 7.45. The highest BCUT2D eigenvalue weighted by Gasteiger charge is 2.15. The summed E-state index contributed by atoms with van der Waals surface area (Å²) in [6.07, 6.45) is 1.60. The van der Waals surface area contributed by atoms with Crippen LogP contribution < -0.4 is 4.90 Å². The van der Waals surface area contributed by atoms with E-state index >= 15 is 0 Å². The number of benzene rings is 2. The van der Waals surface area contributed by atoms with Crippen LogP contribution in [0.4, 0.5) is 11.5 Å². The molecule has 0 amide bonds. The molecule has 0 saturated heterocycles. The number of hydrogen-bond acceptors (Lipinski definition) is 7. The summed E-state index contributed by atoms with van der Waals surface area (Å²) in [5.74, 6) is 2.99. The number of nitrogens with zero attached hydrogens (tertiary/aromatic N) is 8. The van der Waals surface area contributed by atoms with Gasteiger partial charge in [-0.1, -0.05) is 50.2 Å². The molecule has 0 aliphatic rings. The molecular weight excluding hydrogens is 402 g/mol. The molecule has 3 heterocycles.